The second-order valence-electron chi connectivity index (χ2n) is 5.48. The van der Waals surface area contributed by atoms with Gasteiger partial charge in [-0.25, -0.2) is 4.39 Å². The molecule has 0 saturated carbocycles. The Hall–Kier alpha value is -2.60. The van der Waals surface area contributed by atoms with Gasteiger partial charge in [0.15, 0.2) is 0 Å². The normalized spacial score (nSPS) is 23.7. The largest absolute Gasteiger partial charge is 0.325 e. The van der Waals surface area contributed by atoms with Gasteiger partial charge in [0.25, 0.3) is 5.91 Å². The Kier molecular flexibility index (Phi) is 3.68. The summed E-state index contributed by atoms with van der Waals surface area (Å²) in [7, 11) is 0. The number of carbonyl (C=O) groups excluding carboxylic acids is 1. The molecule has 1 amide bonds. The van der Waals surface area contributed by atoms with E-state index in [9.17, 15) is 4.79 Å². The molecular formula is C19H16FNO. The number of terminal acetylenes is 1. The average molecular weight is 293 g/mol. The third-order valence-electron chi connectivity index (χ3n) is 4.03. The molecule has 0 spiro atoms. The zero-order chi connectivity index (χ0) is 15.6. The van der Waals surface area contributed by atoms with Crippen molar-refractivity contribution >= 4 is 5.91 Å². The van der Waals surface area contributed by atoms with E-state index in [4.69, 9.17) is 6.42 Å². The van der Waals surface area contributed by atoms with Crippen LogP contribution in [0, 0.1) is 12.3 Å². The predicted octanol–water partition coefficient (Wildman–Crippen LogP) is 3.50. The van der Waals surface area contributed by atoms with Gasteiger partial charge in [0.05, 0.1) is 6.42 Å². The molecule has 0 N–H and O–H groups in total. The number of hydrogen-bond donors (Lipinski definition) is 0. The minimum absolute atomic E-state index is 0.198. The Labute approximate surface area is 129 Å². The summed E-state index contributed by atoms with van der Waals surface area (Å²) in [6.07, 6.45) is 5.07. The fraction of sp³-hybridized carbons (Fsp3) is 0.211. The van der Waals surface area contributed by atoms with Crippen molar-refractivity contribution in [3.8, 4) is 12.3 Å². The van der Waals surface area contributed by atoms with Gasteiger partial charge in [0.2, 0.25) is 5.67 Å². The number of rotatable bonds is 4. The standard InChI is InChI=1S/C19H16FNO/c1-2-13-19(20)17(16-11-7-4-8-12-16)21(18(19)22)14-15-9-5-3-6-10-15/h1,3-12,17H,13-14H2/t17-,19+/m0/s1. The highest BCUT2D eigenvalue weighted by Crippen LogP contribution is 2.48. The summed E-state index contributed by atoms with van der Waals surface area (Å²) in [4.78, 5) is 13.9. The van der Waals surface area contributed by atoms with E-state index in [1.807, 2.05) is 60.7 Å². The van der Waals surface area contributed by atoms with Crippen LogP contribution >= 0.6 is 0 Å². The summed E-state index contributed by atoms with van der Waals surface area (Å²) in [5.41, 5.74) is -0.249. The molecule has 0 unspecified atom stereocenters. The molecule has 2 aromatic rings. The molecule has 1 heterocycles. The lowest BCUT2D eigenvalue weighted by atomic mass is 9.77. The summed E-state index contributed by atoms with van der Waals surface area (Å²) in [5.74, 6) is 1.78. The van der Waals surface area contributed by atoms with Gasteiger partial charge < -0.3 is 4.90 Å². The number of carbonyl (C=O) groups is 1. The van der Waals surface area contributed by atoms with E-state index >= 15 is 4.39 Å². The van der Waals surface area contributed by atoms with Crippen molar-refractivity contribution in [3.05, 3.63) is 71.8 Å². The molecule has 2 aromatic carbocycles. The maximum absolute atomic E-state index is 15.1. The first-order valence-electron chi connectivity index (χ1n) is 7.19. The number of likely N-dealkylation sites (tertiary alicyclic amines) is 1. The number of nitrogens with zero attached hydrogens (tertiary/aromatic N) is 1. The number of β-lactam (4-membered cyclic amide) rings is 1. The maximum atomic E-state index is 15.1. The molecule has 22 heavy (non-hydrogen) atoms. The van der Waals surface area contributed by atoms with Crippen molar-refractivity contribution in [1.82, 2.24) is 4.90 Å². The Bertz CT molecular complexity index is 707. The van der Waals surface area contributed by atoms with Crippen molar-refractivity contribution in [2.45, 2.75) is 24.7 Å². The third-order valence-corrected chi connectivity index (χ3v) is 4.03. The molecule has 2 nitrogen and oxygen atoms in total. The summed E-state index contributed by atoms with van der Waals surface area (Å²) >= 11 is 0. The molecule has 3 heteroatoms. The van der Waals surface area contributed by atoms with Crippen LogP contribution in [-0.2, 0) is 11.3 Å². The molecule has 1 saturated heterocycles. The number of hydrogen-bond acceptors (Lipinski definition) is 1. The molecule has 110 valence electrons. The molecule has 1 aliphatic rings. The fourth-order valence-corrected chi connectivity index (χ4v) is 3.00. The molecule has 1 fully saturated rings. The van der Waals surface area contributed by atoms with E-state index in [0.29, 0.717) is 6.54 Å². The lowest BCUT2D eigenvalue weighted by Gasteiger charge is -2.51. The van der Waals surface area contributed by atoms with Gasteiger partial charge in [0.1, 0.15) is 6.04 Å². The van der Waals surface area contributed by atoms with Crippen molar-refractivity contribution in [2.24, 2.45) is 0 Å². The Morgan fingerprint density at radius 1 is 1.09 bits per heavy atom. The molecular weight excluding hydrogens is 277 g/mol. The van der Waals surface area contributed by atoms with Crippen molar-refractivity contribution in [1.29, 1.82) is 0 Å². The van der Waals surface area contributed by atoms with E-state index in [0.717, 1.165) is 11.1 Å². The monoisotopic (exact) mass is 293 g/mol. The third kappa shape index (κ3) is 2.27. The minimum atomic E-state index is -2.00. The van der Waals surface area contributed by atoms with Crippen molar-refractivity contribution in [3.63, 3.8) is 0 Å². The van der Waals surface area contributed by atoms with E-state index in [2.05, 4.69) is 5.92 Å². The molecule has 0 aromatic heterocycles. The van der Waals surface area contributed by atoms with Crippen LogP contribution in [0.1, 0.15) is 23.6 Å². The van der Waals surface area contributed by atoms with Gasteiger partial charge in [-0.2, -0.15) is 0 Å². The Morgan fingerprint density at radius 3 is 2.27 bits per heavy atom. The first-order valence-corrected chi connectivity index (χ1v) is 7.19. The summed E-state index contributed by atoms with van der Waals surface area (Å²) in [6, 6.07) is 18.2. The highest BCUT2D eigenvalue weighted by molar-refractivity contribution is 5.93. The second-order valence-corrected chi connectivity index (χ2v) is 5.48. The zero-order valence-electron chi connectivity index (χ0n) is 12.1. The van der Waals surface area contributed by atoms with Gasteiger partial charge in [-0.05, 0) is 11.1 Å². The minimum Gasteiger partial charge on any atom is -0.325 e. The quantitative estimate of drug-likeness (QED) is 0.624. The average Bonchev–Trinajstić information content (AvgIpc) is 2.56. The van der Waals surface area contributed by atoms with Gasteiger partial charge >= 0.3 is 0 Å². The predicted molar refractivity (Wildman–Crippen MR) is 83.5 cm³/mol. The van der Waals surface area contributed by atoms with E-state index in [1.54, 1.807) is 4.90 Å². The van der Waals surface area contributed by atoms with Crippen molar-refractivity contribution in [2.75, 3.05) is 0 Å². The Balaban J connectivity index is 1.92. The fourth-order valence-electron chi connectivity index (χ4n) is 3.00. The van der Waals surface area contributed by atoms with Crippen LogP contribution in [0.3, 0.4) is 0 Å². The molecule has 3 rings (SSSR count). The number of amides is 1. The van der Waals surface area contributed by atoms with Crippen LogP contribution < -0.4 is 0 Å². The highest BCUT2D eigenvalue weighted by atomic mass is 19.1. The van der Waals surface area contributed by atoms with Crippen LogP contribution in [0.4, 0.5) is 4.39 Å². The zero-order valence-corrected chi connectivity index (χ0v) is 12.1. The lowest BCUT2D eigenvalue weighted by molar-refractivity contribution is -0.178. The number of halogens is 1. The van der Waals surface area contributed by atoms with Gasteiger partial charge in [0, 0.05) is 6.54 Å². The van der Waals surface area contributed by atoms with E-state index < -0.39 is 17.6 Å². The Morgan fingerprint density at radius 2 is 1.68 bits per heavy atom. The molecule has 0 aliphatic carbocycles. The van der Waals surface area contributed by atoms with E-state index in [-0.39, 0.29) is 6.42 Å². The van der Waals surface area contributed by atoms with Crippen LogP contribution in [0.5, 0.6) is 0 Å². The number of alkyl halides is 1. The van der Waals surface area contributed by atoms with Crippen molar-refractivity contribution < 1.29 is 9.18 Å². The number of benzene rings is 2. The molecule has 1 aliphatic heterocycles. The summed E-state index contributed by atoms with van der Waals surface area (Å²) in [5, 5.41) is 0. The second kappa shape index (κ2) is 5.65. The topological polar surface area (TPSA) is 20.3 Å². The van der Waals surface area contributed by atoms with Crippen LogP contribution in [0.25, 0.3) is 0 Å². The highest BCUT2D eigenvalue weighted by Gasteiger charge is 2.61. The van der Waals surface area contributed by atoms with Crippen LogP contribution in [0.15, 0.2) is 60.7 Å². The summed E-state index contributed by atoms with van der Waals surface area (Å²) < 4.78 is 15.1. The van der Waals surface area contributed by atoms with Crippen LogP contribution in [0.2, 0.25) is 0 Å². The molecule has 0 bridgehead atoms. The smallest absolute Gasteiger partial charge is 0.264 e. The van der Waals surface area contributed by atoms with Gasteiger partial charge in [-0.3, -0.25) is 4.79 Å². The molecule has 0 radical (unpaired) electrons. The van der Waals surface area contributed by atoms with Gasteiger partial charge in [-0.1, -0.05) is 60.7 Å². The van der Waals surface area contributed by atoms with Crippen LogP contribution in [-0.4, -0.2) is 16.5 Å². The SMILES string of the molecule is C#CC[C@]1(F)C(=O)N(Cc2ccccc2)[C@H]1c1ccccc1. The lowest BCUT2D eigenvalue weighted by Crippen LogP contribution is -2.65. The molecule has 2 atom stereocenters. The van der Waals surface area contributed by atoms with Gasteiger partial charge in [-0.15, -0.1) is 12.3 Å². The maximum Gasteiger partial charge on any atom is 0.264 e. The first kappa shape index (κ1) is 14.3. The summed E-state index contributed by atoms with van der Waals surface area (Å²) in [6.45, 7) is 0.384. The first-order chi connectivity index (χ1) is 10.7. The van der Waals surface area contributed by atoms with E-state index in [1.165, 1.54) is 0 Å².